The van der Waals surface area contributed by atoms with E-state index in [1.165, 1.54) is 24.3 Å². The van der Waals surface area contributed by atoms with Crippen molar-refractivity contribution in [1.29, 1.82) is 0 Å². The highest BCUT2D eigenvalue weighted by Gasteiger charge is 2.08. The molecule has 0 unspecified atom stereocenters. The molecule has 1 aromatic carbocycles. The molecule has 15 heavy (non-hydrogen) atoms. The minimum absolute atomic E-state index is 0.325. The topological polar surface area (TPSA) is 38.3 Å². The summed E-state index contributed by atoms with van der Waals surface area (Å²) >= 11 is 0. The molecule has 3 nitrogen and oxygen atoms in total. The van der Waals surface area contributed by atoms with Crippen LogP contribution in [0, 0.1) is 0 Å². The Morgan fingerprint density at radius 1 is 1.40 bits per heavy atom. The van der Waals surface area contributed by atoms with Crippen molar-refractivity contribution in [3.63, 3.8) is 0 Å². The second-order valence-corrected chi connectivity index (χ2v) is 3.49. The molecule has 1 aliphatic heterocycles. The molecule has 0 atom stereocenters. The predicted octanol–water partition coefficient (Wildman–Crippen LogP) is 1.48. The second kappa shape index (κ2) is 4.28. The average Bonchev–Trinajstić information content (AvgIpc) is 2.72. The van der Waals surface area contributed by atoms with Gasteiger partial charge >= 0.3 is 5.97 Å². The highest BCUT2D eigenvalue weighted by Crippen LogP contribution is 2.17. The highest BCUT2D eigenvalue weighted by atomic mass is 16.5. The Bertz CT molecular complexity index is 410. The van der Waals surface area contributed by atoms with Gasteiger partial charge in [-0.1, -0.05) is 18.2 Å². The van der Waals surface area contributed by atoms with E-state index in [4.69, 9.17) is 0 Å². The first-order chi connectivity index (χ1) is 7.29. The second-order valence-electron chi connectivity index (χ2n) is 3.49. The smallest absolute Gasteiger partial charge is 0.330 e. The maximum Gasteiger partial charge on any atom is 0.330 e. The average molecular weight is 203 g/mol. The zero-order chi connectivity index (χ0) is 10.7. The summed E-state index contributed by atoms with van der Waals surface area (Å²) in [5.74, 6) is -0.325. The van der Waals surface area contributed by atoms with E-state index in [0.29, 0.717) is 0 Å². The lowest BCUT2D eigenvalue weighted by Crippen LogP contribution is -1.99. The molecule has 0 spiro atoms. The van der Waals surface area contributed by atoms with Gasteiger partial charge < -0.3 is 10.1 Å². The van der Waals surface area contributed by atoms with Gasteiger partial charge in [-0.2, -0.15) is 0 Å². The predicted molar refractivity (Wildman–Crippen MR) is 58.0 cm³/mol. The third-order valence-electron chi connectivity index (χ3n) is 2.47. The molecule has 2 rings (SSSR count). The van der Waals surface area contributed by atoms with Gasteiger partial charge in [-0.05, 0) is 22.8 Å². The van der Waals surface area contributed by atoms with E-state index < -0.39 is 0 Å². The number of fused-ring (bicyclic) bond motifs is 1. The van der Waals surface area contributed by atoms with Crippen LogP contribution in [0.2, 0.25) is 0 Å². The fourth-order valence-corrected chi connectivity index (χ4v) is 1.65. The largest absolute Gasteiger partial charge is 0.466 e. The monoisotopic (exact) mass is 203 g/mol. The summed E-state index contributed by atoms with van der Waals surface area (Å²) in [5, 5.41) is 3.28. The Morgan fingerprint density at radius 2 is 2.20 bits per heavy atom. The van der Waals surface area contributed by atoms with Crippen molar-refractivity contribution in [2.45, 2.75) is 13.1 Å². The molecule has 0 aliphatic carbocycles. The Labute approximate surface area is 88.8 Å². The van der Waals surface area contributed by atoms with Crippen LogP contribution in [0.4, 0.5) is 0 Å². The molecule has 0 saturated carbocycles. The zero-order valence-corrected chi connectivity index (χ0v) is 8.62. The lowest BCUT2D eigenvalue weighted by molar-refractivity contribution is -0.134. The van der Waals surface area contributed by atoms with Crippen molar-refractivity contribution < 1.29 is 9.53 Å². The summed E-state index contributed by atoms with van der Waals surface area (Å²) in [6, 6.07) is 6.19. The Balaban J connectivity index is 2.16. The molecule has 3 heteroatoms. The number of methoxy groups -OCH3 is 1. The Kier molecular flexibility index (Phi) is 2.83. The van der Waals surface area contributed by atoms with Gasteiger partial charge in [-0.25, -0.2) is 4.79 Å². The highest BCUT2D eigenvalue weighted by molar-refractivity contribution is 5.86. The van der Waals surface area contributed by atoms with E-state index in [2.05, 4.69) is 22.2 Å². The molecular formula is C12H13NO2. The molecule has 1 N–H and O–H groups in total. The van der Waals surface area contributed by atoms with Crippen molar-refractivity contribution in [2.75, 3.05) is 7.11 Å². The molecule has 0 amide bonds. The van der Waals surface area contributed by atoms with Crippen molar-refractivity contribution in [3.05, 3.63) is 41.0 Å². The van der Waals surface area contributed by atoms with Crippen LogP contribution in [0.15, 0.2) is 24.3 Å². The van der Waals surface area contributed by atoms with Crippen LogP contribution in [0.25, 0.3) is 6.08 Å². The van der Waals surface area contributed by atoms with E-state index in [0.717, 1.165) is 18.7 Å². The molecule has 0 fully saturated rings. The fraction of sp³-hybridized carbons (Fsp3) is 0.250. The van der Waals surface area contributed by atoms with Crippen molar-refractivity contribution >= 4 is 12.0 Å². The number of ether oxygens (including phenoxy) is 1. The van der Waals surface area contributed by atoms with Crippen LogP contribution in [-0.2, 0) is 22.6 Å². The number of benzene rings is 1. The van der Waals surface area contributed by atoms with Gasteiger partial charge in [0.05, 0.1) is 7.11 Å². The summed E-state index contributed by atoms with van der Waals surface area (Å²) in [6.45, 7) is 1.85. The number of rotatable bonds is 2. The molecular weight excluding hydrogens is 190 g/mol. The first-order valence-corrected chi connectivity index (χ1v) is 4.88. The van der Waals surface area contributed by atoms with Gasteiger partial charge in [0, 0.05) is 19.2 Å². The maximum atomic E-state index is 10.9. The summed E-state index contributed by atoms with van der Waals surface area (Å²) < 4.78 is 4.53. The number of hydrogen-bond donors (Lipinski definition) is 1. The Morgan fingerprint density at radius 3 is 3.00 bits per heavy atom. The Hall–Kier alpha value is -1.61. The molecule has 0 bridgehead atoms. The molecule has 0 saturated heterocycles. The van der Waals surface area contributed by atoms with E-state index in [-0.39, 0.29) is 5.97 Å². The first kappa shape index (κ1) is 9.93. The lowest BCUT2D eigenvalue weighted by Gasteiger charge is -1.99. The van der Waals surface area contributed by atoms with Crippen LogP contribution in [0.5, 0.6) is 0 Å². The van der Waals surface area contributed by atoms with Crippen molar-refractivity contribution in [1.82, 2.24) is 5.32 Å². The molecule has 0 aromatic heterocycles. The summed E-state index contributed by atoms with van der Waals surface area (Å²) in [4.78, 5) is 10.9. The van der Waals surface area contributed by atoms with Gasteiger partial charge in [-0.15, -0.1) is 0 Å². The van der Waals surface area contributed by atoms with E-state index in [1.807, 2.05) is 6.07 Å². The van der Waals surface area contributed by atoms with Gasteiger partial charge in [-0.3, -0.25) is 0 Å². The number of nitrogens with one attached hydrogen (secondary N) is 1. The summed E-state index contributed by atoms with van der Waals surface area (Å²) in [6.07, 6.45) is 3.20. The fourth-order valence-electron chi connectivity index (χ4n) is 1.65. The minimum Gasteiger partial charge on any atom is -0.466 e. The van der Waals surface area contributed by atoms with Crippen LogP contribution < -0.4 is 5.32 Å². The van der Waals surface area contributed by atoms with Crippen molar-refractivity contribution in [2.24, 2.45) is 0 Å². The molecule has 1 aromatic rings. The van der Waals surface area contributed by atoms with Gasteiger partial charge in [0.2, 0.25) is 0 Å². The molecule has 78 valence electrons. The van der Waals surface area contributed by atoms with Gasteiger partial charge in [0.1, 0.15) is 0 Å². The molecule has 0 radical (unpaired) electrons. The summed E-state index contributed by atoms with van der Waals surface area (Å²) in [7, 11) is 1.37. The quantitative estimate of drug-likeness (QED) is 0.584. The third kappa shape index (κ3) is 2.25. The SMILES string of the molecule is COC(=O)C=Cc1ccc2c(c1)CNC2. The maximum absolute atomic E-state index is 10.9. The number of hydrogen-bond acceptors (Lipinski definition) is 3. The lowest BCUT2D eigenvalue weighted by atomic mass is 10.1. The third-order valence-corrected chi connectivity index (χ3v) is 2.47. The number of carbonyl (C=O) groups excluding carboxylic acids is 1. The van der Waals surface area contributed by atoms with Crippen LogP contribution in [0.1, 0.15) is 16.7 Å². The molecule has 1 aliphatic rings. The van der Waals surface area contributed by atoms with E-state index >= 15 is 0 Å². The van der Waals surface area contributed by atoms with Crippen molar-refractivity contribution in [3.8, 4) is 0 Å². The normalized spacial score (nSPS) is 14.2. The first-order valence-electron chi connectivity index (χ1n) is 4.88. The standard InChI is InChI=1S/C12H13NO2/c1-15-12(14)5-3-9-2-4-10-7-13-8-11(10)6-9/h2-6,13H,7-8H2,1H3. The van der Waals surface area contributed by atoms with Crippen LogP contribution in [-0.4, -0.2) is 13.1 Å². The zero-order valence-electron chi connectivity index (χ0n) is 8.62. The number of esters is 1. The van der Waals surface area contributed by atoms with E-state index in [9.17, 15) is 4.79 Å². The minimum atomic E-state index is -0.325. The van der Waals surface area contributed by atoms with Crippen LogP contribution >= 0.6 is 0 Å². The summed E-state index contributed by atoms with van der Waals surface area (Å²) in [5.41, 5.74) is 3.68. The van der Waals surface area contributed by atoms with Gasteiger partial charge in [0.25, 0.3) is 0 Å². The molecule has 1 heterocycles. The number of carbonyl (C=O) groups is 1. The van der Waals surface area contributed by atoms with Gasteiger partial charge in [0.15, 0.2) is 0 Å². The van der Waals surface area contributed by atoms with E-state index in [1.54, 1.807) is 6.08 Å². The van der Waals surface area contributed by atoms with Crippen LogP contribution in [0.3, 0.4) is 0 Å².